The maximum atomic E-state index is 5.28. The van der Waals surface area contributed by atoms with Crippen molar-refractivity contribution in [3.8, 4) is 0 Å². The molecule has 0 spiro atoms. The van der Waals surface area contributed by atoms with Gasteiger partial charge in [-0.05, 0) is 19.8 Å². The first-order valence-electron chi connectivity index (χ1n) is 4.84. The van der Waals surface area contributed by atoms with Crippen molar-refractivity contribution in [2.45, 2.75) is 40.2 Å². The summed E-state index contributed by atoms with van der Waals surface area (Å²) in [5.41, 5.74) is 0. The highest BCUT2D eigenvalue weighted by atomic mass is 16.5. The third-order valence-corrected chi connectivity index (χ3v) is 2.19. The molecule has 0 aromatic rings. The first kappa shape index (κ1) is 12.9. The Balaban J connectivity index is 4.17. The number of rotatable bonds is 6. The Morgan fingerprint density at radius 2 is 1.31 bits per heavy atom. The van der Waals surface area contributed by atoms with Crippen molar-refractivity contribution in [1.82, 2.24) is 4.90 Å². The third-order valence-electron chi connectivity index (χ3n) is 2.19. The zero-order valence-corrected chi connectivity index (χ0v) is 9.70. The van der Waals surface area contributed by atoms with Crippen molar-refractivity contribution in [3.63, 3.8) is 0 Å². The van der Waals surface area contributed by atoms with E-state index in [0.29, 0.717) is 5.92 Å². The number of nitrogens with zero attached hydrogens (tertiary/aromatic N) is 1. The van der Waals surface area contributed by atoms with Crippen LogP contribution in [0.1, 0.15) is 27.7 Å². The summed E-state index contributed by atoms with van der Waals surface area (Å²) in [5, 5.41) is 0. The summed E-state index contributed by atoms with van der Waals surface area (Å²) in [5.74, 6) is 0.621. The van der Waals surface area contributed by atoms with Crippen LogP contribution in [-0.4, -0.2) is 38.1 Å². The fourth-order valence-electron chi connectivity index (χ4n) is 1.28. The number of hydrogen-bond donors (Lipinski definition) is 0. The van der Waals surface area contributed by atoms with E-state index in [1.807, 2.05) is 13.8 Å². The zero-order chi connectivity index (χ0) is 10.4. The summed E-state index contributed by atoms with van der Waals surface area (Å²) >= 11 is 0. The molecule has 0 aliphatic rings. The van der Waals surface area contributed by atoms with E-state index in [4.69, 9.17) is 9.47 Å². The van der Waals surface area contributed by atoms with Crippen LogP contribution in [0.5, 0.6) is 0 Å². The van der Waals surface area contributed by atoms with Crippen LogP contribution in [0.15, 0.2) is 0 Å². The van der Waals surface area contributed by atoms with Gasteiger partial charge in [0, 0.05) is 20.8 Å². The van der Waals surface area contributed by atoms with Gasteiger partial charge in [0.15, 0.2) is 0 Å². The zero-order valence-electron chi connectivity index (χ0n) is 9.70. The molecule has 0 N–H and O–H groups in total. The Morgan fingerprint density at radius 3 is 1.54 bits per heavy atom. The maximum Gasteiger partial charge on any atom is 0.109 e. The molecular formula is C10H23NO2. The first-order chi connectivity index (χ1) is 6.02. The van der Waals surface area contributed by atoms with Crippen LogP contribution in [-0.2, 0) is 9.47 Å². The van der Waals surface area contributed by atoms with E-state index in [1.165, 1.54) is 0 Å². The van der Waals surface area contributed by atoms with Crippen molar-refractivity contribution in [3.05, 3.63) is 0 Å². The molecule has 13 heavy (non-hydrogen) atoms. The molecular weight excluding hydrogens is 166 g/mol. The monoisotopic (exact) mass is 189 g/mol. The summed E-state index contributed by atoms with van der Waals surface area (Å²) in [7, 11) is 3.45. The minimum Gasteiger partial charge on any atom is -0.367 e. The molecule has 0 aromatic carbocycles. The molecule has 0 aromatic heterocycles. The molecule has 0 aliphatic carbocycles. The lowest BCUT2D eigenvalue weighted by Crippen LogP contribution is -2.44. The predicted octanol–water partition coefficient (Wildman–Crippen LogP) is 1.93. The highest BCUT2D eigenvalue weighted by Gasteiger charge is 2.19. The lowest BCUT2D eigenvalue weighted by molar-refractivity contribution is -0.121. The second kappa shape index (κ2) is 6.35. The lowest BCUT2D eigenvalue weighted by Gasteiger charge is -2.33. The molecule has 0 heterocycles. The van der Waals surface area contributed by atoms with Crippen molar-refractivity contribution >= 4 is 0 Å². The average molecular weight is 189 g/mol. The fraction of sp³-hybridized carbons (Fsp3) is 1.00. The van der Waals surface area contributed by atoms with Gasteiger partial charge in [0.25, 0.3) is 0 Å². The molecule has 0 saturated heterocycles. The fourth-order valence-corrected chi connectivity index (χ4v) is 1.28. The van der Waals surface area contributed by atoms with Gasteiger partial charge in [-0.25, -0.2) is 0 Å². The summed E-state index contributed by atoms with van der Waals surface area (Å²) in [6, 6.07) is 0. The predicted molar refractivity (Wildman–Crippen MR) is 54.5 cm³/mol. The van der Waals surface area contributed by atoms with Crippen LogP contribution in [0.25, 0.3) is 0 Å². The third kappa shape index (κ3) is 4.60. The van der Waals surface area contributed by atoms with E-state index in [1.54, 1.807) is 14.2 Å². The van der Waals surface area contributed by atoms with Crippen molar-refractivity contribution in [1.29, 1.82) is 0 Å². The summed E-state index contributed by atoms with van der Waals surface area (Å²) in [4.78, 5) is 2.20. The molecule has 0 radical (unpaired) electrons. The number of hydrogen-bond acceptors (Lipinski definition) is 3. The molecule has 2 unspecified atom stereocenters. The first-order valence-corrected chi connectivity index (χ1v) is 4.84. The van der Waals surface area contributed by atoms with Gasteiger partial charge in [-0.2, -0.15) is 0 Å². The van der Waals surface area contributed by atoms with Crippen molar-refractivity contribution < 1.29 is 9.47 Å². The highest BCUT2D eigenvalue weighted by Crippen LogP contribution is 2.10. The van der Waals surface area contributed by atoms with Crippen molar-refractivity contribution in [2.24, 2.45) is 5.92 Å². The van der Waals surface area contributed by atoms with E-state index in [0.717, 1.165) is 6.54 Å². The number of methoxy groups -OCH3 is 2. The Morgan fingerprint density at radius 1 is 0.923 bits per heavy atom. The van der Waals surface area contributed by atoms with Gasteiger partial charge in [-0.3, -0.25) is 4.90 Å². The quantitative estimate of drug-likeness (QED) is 0.596. The van der Waals surface area contributed by atoms with Crippen LogP contribution < -0.4 is 0 Å². The van der Waals surface area contributed by atoms with Gasteiger partial charge in [0.1, 0.15) is 12.5 Å². The second-order valence-electron chi connectivity index (χ2n) is 3.76. The number of ether oxygens (including phenoxy) is 2. The Kier molecular flexibility index (Phi) is 6.29. The summed E-state index contributed by atoms with van der Waals surface area (Å²) in [6.45, 7) is 9.45. The van der Waals surface area contributed by atoms with Gasteiger partial charge in [0.2, 0.25) is 0 Å². The lowest BCUT2D eigenvalue weighted by atomic mass is 10.2. The summed E-state index contributed by atoms with van der Waals surface area (Å²) in [6.07, 6.45) is 0.217. The Labute approximate surface area is 82.0 Å². The molecule has 0 fully saturated rings. The maximum absolute atomic E-state index is 5.28. The minimum absolute atomic E-state index is 0.109. The van der Waals surface area contributed by atoms with E-state index in [2.05, 4.69) is 18.7 Å². The molecule has 80 valence electrons. The van der Waals surface area contributed by atoms with E-state index >= 15 is 0 Å². The molecule has 3 heteroatoms. The minimum atomic E-state index is 0.109. The molecule has 0 aliphatic heterocycles. The van der Waals surface area contributed by atoms with E-state index in [9.17, 15) is 0 Å². The molecule has 0 amide bonds. The van der Waals surface area contributed by atoms with E-state index in [-0.39, 0.29) is 12.5 Å². The molecule has 2 atom stereocenters. The van der Waals surface area contributed by atoms with Gasteiger partial charge in [-0.1, -0.05) is 13.8 Å². The highest BCUT2D eigenvalue weighted by molar-refractivity contribution is 4.63. The second-order valence-corrected chi connectivity index (χ2v) is 3.76. The van der Waals surface area contributed by atoms with Crippen LogP contribution in [0, 0.1) is 5.92 Å². The van der Waals surface area contributed by atoms with Crippen LogP contribution in [0.3, 0.4) is 0 Å². The molecule has 0 rings (SSSR count). The van der Waals surface area contributed by atoms with Crippen LogP contribution in [0.2, 0.25) is 0 Å². The SMILES string of the molecule is COC(C)N(CC(C)C)C(C)OC. The van der Waals surface area contributed by atoms with Crippen LogP contribution >= 0.6 is 0 Å². The van der Waals surface area contributed by atoms with Crippen LogP contribution in [0.4, 0.5) is 0 Å². The van der Waals surface area contributed by atoms with Gasteiger partial charge in [-0.15, -0.1) is 0 Å². The van der Waals surface area contributed by atoms with Gasteiger partial charge >= 0.3 is 0 Å². The smallest absolute Gasteiger partial charge is 0.109 e. The summed E-state index contributed by atoms with van der Waals surface area (Å²) < 4.78 is 10.6. The molecule has 0 saturated carbocycles. The van der Waals surface area contributed by atoms with E-state index < -0.39 is 0 Å². The molecule has 3 nitrogen and oxygen atoms in total. The standard InChI is InChI=1S/C10H23NO2/c1-8(2)7-11(9(3)12-5)10(4)13-6/h8-10H,7H2,1-6H3. The van der Waals surface area contributed by atoms with Gasteiger partial charge in [0.05, 0.1) is 0 Å². The van der Waals surface area contributed by atoms with Crippen molar-refractivity contribution in [2.75, 3.05) is 20.8 Å². The normalized spacial score (nSPS) is 16.6. The van der Waals surface area contributed by atoms with Gasteiger partial charge < -0.3 is 9.47 Å². The Bertz CT molecular complexity index is 118. The topological polar surface area (TPSA) is 21.7 Å². The Hall–Kier alpha value is -0.120. The average Bonchev–Trinajstić information content (AvgIpc) is 2.11. The molecule has 0 bridgehead atoms. The largest absolute Gasteiger partial charge is 0.367 e.